The molecular formula is C24H28N6O. The Bertz CT molecular complexity index is 1030. The van der Waals surface area contributed by atoms with Gasteiger partial charge >= 0.3 is 0 Å². The number of unbranched alkanes of at least 4 members (excludes halogenated alkanes) is 2. The zero-order chi connectivity index (χ0) is 21.5. The van der Waals surface area contributed by atoms with Crippen molar-refractivity contribution in [3.8, 4) is 34.3 Å². The molecule has 7 heteroatoms. The van der Waals surface area contributed by atoms with Crippen LogP contribution in [0.5, 0.6) is 11.5 Å². The molecule has 0 atom stereocenters. The summed E-state index contributed by atoms with van der Waals surface area (Å²) in [6.45, 7) is 6.06. The maximum absolute atomic E-state index is 6.18. The van der Waals surface area contributed by atoms with Gasteiger partial charge in [0, 0.05) is 24.2 Å². The van der Waals surface area contributed by atoms with Crippen molar-refractivity contribution in [3.05, 3.63) is 61.2 Å². The van der Waals surface area contributed by atoms with Gasteiger partial charge < -0.3 is 4.74 Å². The number of ether oxygens (including phenoxy) is 1. The predicted octanol–water partition coefficient (Wildman–Crippen LogP) is 5.60. The quantitative estimate of drug-likeness (QED) is 0.337. The average Bonchev–Trinajstić information content (AvgIpc) is 3.46. The lowest BCUT2D eigenvalue weighted by molar-refractivity contribution is 0.483. The first-order valence-electron chi connectivity index (χ1n) is 10.9. The first kappa shape index (κ1) is 20.8. The third-order valence-electron chi connectivity index (χ3n) is 5.10. The highest BCUT2D eigenvalue weighted by Crippen LogP contribution is 2.29. The molecule has 0 N–H and O–H groups in total. The molecule has 0 aliphatic carbocycles. The highest BCUT2D eigenvalue weighted by atomic mass is 16.5. The highest BCUT2D eigenvalue weighted by molar-refractivity contribution is 5.60. The van der Waals surface area contributed by atoms with Crippen molar-refractivity contribution in [3.63, 3.8) is 0 Å². The molecule has 31 heavy (non-hydrogen) atoms. The summed E-state index contributed by atoms with van der Waals surface area (Å²) in [6.07, 6.45) is 7.59. The summed E-state index contributed by atoms with van der Waals surface area (Å²) < 4.78 is 10.1. The molecule has 0 amide bonds. The fraction of sp³-hybridized carbons (Fsp3) is 0.333. The second-order valence-corrected chi connectivity index (χ2v) is 7.48. The van der Waals surface area contributed by atoms with E-state index in [9.17, 15) is 0 Å². The van der Waals surface area contributed by atoms with Crippen LogP contribution in [0.2, 0.25) is 0 Å². The molecule has 2 aromatic heterocycles. The molecule has 2 heterocycles. The van der Waals surface area contributed by atoms with Gasteiger partial charge in [-0.05, 0) is 37.1 Å². The molecule has 0 bridgehead atoms. The fourth-order valence-corrected chi connectivity index (χ4v) is 3.45. The van der Waals surface area contributed by atoms with E-state index in [1.807, 2.05) is 57.9 Å². The van der Waals surface area contributed by atoms with E-state index in [-0.39, 0.29) is 0 Å². The van der Waals surface area contributed by atoms with Gasteiger partial charge in [0.15, 0.2) is 11.6 Å². The van der Waals surface area contributed by atoms with Crippen molar-refractivity contribution in [1.29, 1.82) is 0 Å². The molecule has 7 nitrogen and oxygen atoms in total. The monoisotopic (exact) mass is 416 g/mol. The standard InChI is InChI=1S/C24H28N6O/c1-3-5-13-29-23(25-17-27-29)19-9-7-11-21(15-19)31-22-12-8-10-20(16-22)24-26-18-28-30(24)14-6-4-2/h7-12,15-18H,3-6,13-14H2,1-2H3. The lowest BCUT2D eigenvalue weighted by atomic mass is 10.2. The van der Waals surface area contributed by atoms with Gasteiger partial charge in [0.1, 0.15) is 24.2 Å². The number of benzene rings is 2. The number of hydrogen-bond donors (Lipinski definition) is 0. The topological polar surface area (TPSA) is 70.7 Å². The van der Waals surface area contributed by atoms with Gasteiger partial charge in [-0.25, -0.2) is 19.3 Å². The Hall–Kier alpha value is -3.48. The molecule has 2 aromatic carbocycles. The Morgan fingerprint density at radius 3 is 1.65 bits per heavy atom. The summed E-state index contributed by atoms with van der Waals surface area (Å²) in [5.74, 6) is 3.23. The van der Waals surface area contributed by atoms with Crippen LogP contribution in [0.3, 0.4) is 0 Å². The molecule has 0 fully saturated rings. The predicted molar refractivity (Wildman–Crippen MR) is 121 cm³/mol. The smallest absolute Gasteiger partial charge is 0.158 e. The van der Waals surface area contributed by atoms with E-state index in [0.29, 0.717) is 0 Å². The second-order valence-electron chi connectivity index (χ2n) is 7.48. The van der Waals surface area contributed by atoms with Gasteiger partial charge in [0.25, 0.3) is 0 Å². The van der Waals surface area contributed by atoms with E-state index >= 15 is 0 Å². The zero-order valence-corrected chi connectivity index (χ0v) is 18.1. The van der Waals surface area contributed by atoms with Crippen LogP contribution in [-0.4, -0.2) is 29.5 Å². The van der Waals surface area contributed by atoms with Crippen LogP contribution >= 0.6 is 0 Å². The minimum Gasteiger partial charge on any atom is -0.457 e. The van der Waals surface area contributed by atoms with Gasteiger partial charge in [-0.15, -0.1) is 0 Å². The molecule has 4 rings (SSSR count). The Morgan fingerprint density at radius 1 is 0.710 bits per heavy atom. The summed E-state index contributed by atoms with van der Waals surface area (Å²) in [4.78, 5) is 8.90. The van der Waals surface area contributed by atoms with Gasteiger partial charge in [-0.2, -0.15) is 10.2 Å². The van der Waals surface area contributed by atoms with Crippen LogP contribution in [0.25, 0.3) is 22.8 Å². The molecule has 0 aliphatic heterocycles. The molecule has 0 spiro atoms. The van der Waals surface area contributed by atoms with Crippen LogP contribution in [-0.2, 0) is 13.1 Å². The van der Waals surface area contributed by atoms with Crippen molar-refractivity contribution >= 4 is 0 Å². The maximum Gasteiger partial charge on any atom is 0.158 e. The SMILES string of the molecule is CCCCn1ncnc1-c1cccc(Oc2cccc(-c3ncnn3CCCC)c2)c1. The average molecular weight is 417 g/mol. The Balaban J connectivity index is 1.55. The lowest BCUT2D eigenvalue weighted by Crippen LogP contribution is -2.02. The summed E-state index contributed by atoms with van der Waals surface area (Å²) in [7, 11) is 0. The van der Waals surface area contributed by atoms with E-state index in [4.69, 9.17) is 4.74 Å². The molecule has 0 saturated heterocycles. The van der Waals surface area contributed by atoms with Crippen molar-refractivity contribution in [2.75, 3.05) is 0 Å². The minimum atomic E-state index is 0.757. The third kappa shape index (κ3) is 4.99. The van der Waals surface area contributed by atoms with E-state index in [2.05, 4.69) is 34.0 Å². The highest BCUT2D eigenvalue weighted by Gasteiger charge is 2.11. The van der Waals surface area contributed by atoms with Crippen molar-refractivity contribution < 1.29 is 4.74 Å². The third-order valence-corrected chi connectivity index (χ3v) is 5.10. The Kier molecular flexibility index (Phi) is 6.72. The van der Waals surface area contributed by atoms with E-state index in [1.54, 1.807) is 12.7 Å². The van der Waals surface area contributed by atoms with E-state index < -0.39 is 0 Å². The summed E-state index contributed by atoms with van der Waals surface area (Å²) in [5.41, 5.74) is 1.98. The van der Waals surface area contributed by atoms with Crippen LogP contribution in [0.1, 0.15) is 39.5 Å². The Labute approximate surface area is 182 Å². The molecule has 0 radical (unpaired) electrons. The summed E-state index contributed by atoms with van der Waals surface area (Å²) in [5, 5.41) is 8.73. The fourth-order valence-electron chi connectivity index (χ4n) is 3.45. The van der Waals surface area contributed by atoms with Gasteiger partial charge in [-0.1, -0.05) is 51.0 Å². The molecule has 0 saturated carbocycles. The first-order valence-corrected chi connectivity index (χ1v) is 10.9. The molecule has 0 unspecified atom stereocenters. The normalized spacial score (nSPS) is 11.0. The second kappa shape index (κ2) is 10.0. The van der Waals surface area contributed by atoms with E-state index in [0.717, 1.165) is 73.0 Å². The van der Waals surface area contributed by atoms with Crippen LogP contribution in [0.15, 0.2) is 61.2 Å². The Morgan fingerprint density at radius 2 is 1.19 bits per heavy atom. The minimum absolute atomic E-state index is 0.757. The molecule has 160 valence electrons. The maximum atomic E-state index is 6.18. The first-order chi connectivity index (χ1) is 15.3. The van der Waals surface area contributed by atoms with Gasteiger partial charge in [0.2, 0.25) is 0 Å². The van der Waals surface area contributed by atoms with Gasteiger partial charge in [0.05, 0.1) is 0 Å². The van der Waals surface area contributed by atoms with Crippen molar-refractivity contribution in [2.24, 2.45) is 0 Å². The van der Waals surface area contributed by atoms with Gasteiger partial charge in [-0.3, -0.25) is 0 Å². The number of aryl methyl sites for hydroxylation is 2. The summed E-state index contributed by atoms with van der Waals surface area (Å²) >= 11 is 0. The lowest BCUT2D eigenvalue weighted by Gasteiger charge is -2.10. The summed E-state index contributed by atoms with van der Waals surface area (Å²) in [6, 6.07) is 15.9. The van der Waals surface area contributed by atoms with Crippen LogP contribution < -0.4 is 4.74 Å². The number of hydrogen-bond acceptors (Lipinski definition) is 5. The van der Waals surface area contributed by atoms with Crippen molar-refractivity contribution in [2.45, 2.75) is 52.6 Å². The van der Waals surface area contributed by atoms with Crippen molar-refractivity contribution in [1.82, 2.24) is 29.5 Å². The number of nitrogens with zero attached hydrogens (tertiary/aromatic N) is 6. The van der Waals surface area contributed by atoms with E-state index in [1.165, 1.54) is 0 Å². The molecule has 0 aliphatic rings. The largest absolute Gasteiger partial charge is 0.457 e. The molecule has 4 aromatic rings. The number of rotatable bonds is 10. The van der Waals surface area contributed by atoms with Crippen LogP contribution in [0, 0.1) is 0 Å². The van der Waals surface area contributed by atoms with Crippen LogP contribution in [0.4, 0.5) is 0 Å². The molecular weight excluding hydrogens is 388 g/mol. The zero-order valence-electron chi connectivity index (χ0n) is 18.1. The number of aromatic nitrogens is 6.